The molecule has 0 aromatic heterocycles. The first kappa shape index (κ1) is 19.9. The number of carbonyl (C=O) groups is 1. The maximum atomic E-state index is 12.4. The van der Waals surface area contributed by atoms with Gasteiger partial charge in [-0.3, -0.25) is 4.79 Å². The molecular formula is C18H28N2O4S. The van der Waals surface area contributed by atoms with Gasteiger partial charge in [-0.1, -0.05) is 29.3 Å². The number of aliphatic hydroxyl groups is 1. The van der Waals surface area contributed by atoms with Crippen LogP contribution in [0.3, 0.4) is 0 Å². The predicted octanol–water partition coefficient (Wildman–Crippen LogP) is 0.947. The van der Waals surface area contributed by atoms with Gasteiger partial charge in [0.05, 0.1) is 11.9 Å². The Balaban J connectivity index is 1.93. The van der Waals surface area contributed by atoms with E-state index in [2.05, 4.69) is 18.2 Å². The van der Waals surface area contributed by atoms with Crippen molar-refractivity contribution in [1.29, 1.82) is 0 Å². The van der Waals surface area contributed by atoms with Gasteiger partial charge in [0.2, 0.25) is 15.9 Å². The molecule has 2 rings (SSSR count). The fraction of sp³-hybridized carbons (Fsp3) is 0.611. The summed E-state index contributed by atoms with van der Waals surface area (Å²) in [5, 5.41) is 10.1. The standard InChI is InChI=1S/C18H28N2O4S/c1-13-7-14(2)9-15(8-13)5-6-18(22)20-10-16(17(21)11-20)12-25(23,24)19(3)4/h7-9,16-17,21H,5-6,10-12H2,1-4H3/t16-,17-/m0/s1. The number of nitrogens with zero attached hydrogens (tertiary/aromatic N) is 2. The van der Waals surface area contributed by atoms with Crippen LogP contribution in [0.5, 0.6) is 0 Å². The molecule has 25 heavy (non-hydrogen) atoms. The fourth-order valence-electron chi connectivity index (χ4n) is 3.26. The smallest absolute Gasteiger partial charge is 0.223 e. The van der Waals surface area contributed by atoms with Crippen molar-refractivity contribution in [3.05, 3.63) is 34.9 Å². The number of hydrogen-bond donors (Lipinski definition) is 1. The molecule has 1 aromatic rings. The van der Waals surface area contributed by atoms with Crippen LogP contribution in [0.2, 0.25) is 0 Å². The first-order valence-electron chi connectivity index (χ1n) is 8.51. The summed E-state index contributed by atoms with van der Waals surface area (Å²) in [7, 11) is -0.442. The number of sulfonamides is 1. The second-order valence-corrected chi connectivity index (χ2v) is 9.41. The lowest BCUT2D eigenvalue weighted by Crippen LogP contribution is -2.33. The van der Waals surface area contributed by atoms with E-state index < -0.39 is 22.0 Å². The molecule has 0 radical (unpaired) electrons. The molecule has 1 aromatic carbocycles. The molecule has 1 aliphatic rings. The van der Waals surface area contributed by atoms with Crippen LogP contribution in [-0.4, -0.2) is 67.7 Å². The molecule has 6 nitrogen and oxygen atoms in total. The van der Waals surface area contributed by atoms with Crippen LogP contribution < -0.4 is 0 Å². The van der Waals surface area contributed by atoms with Gasteiger partial charge in [0.1, 0.15) is 0 Å². The molecule has 0 spiro atoms. The number of amides is 1. The largest absolute Gasteiger partial charge is 0.391 e. The summed E-state index contributed by atoms with van der Waals surface area (Å²) >= 11 is 0. The van der Waals surface area contributed by atoms with Gasteiger partial charge in [-0.15, -0.1) is 0 Å². The number of aryl methyl sites for hydroxylation is 3. The number of aliphatic hydroxyl groups excluding tert-OH is 1. The number of benzene rings is 1. The molecular weight excluding hydrogens is 340 g/mol. The SMILES string of the molecule is Cc1cc(C)cc(CCC(=O)N2C[C@@H](CS(=O)(=O)N(C)C)[C@@H](O)C2)c1. The third-order valence-electron chi connectivity index (χ3n) is 4.65. The average Bonchev–Trinajstić information content (AvgIpc) is 2.84. The molecule has 0 aliphatic carbocycles. The number of hydrogen-bond acceptors (Lipinski definition) is 4. The third kappa shape index (κ3) is 5.26. The van der Waals surface area contributed by atoms with Crippen molar-refractivity contribution >= 4 is 15.9 Å². The minimum Gasteiger partial charge on any atom is -0.391 e. The van der Waals surface area contributed by atoms with Crippen LogP contribution in [0.15, 0.2) is 18.2 Å². The third-order valence-corrected chi connectivity index (χ3v) is 6.61. The van der Waals surface area contributed by atoms with E-state index in [-0.39, 0.29) is 18.2 Å². The van der Waals surface area contributed by atoms with Crippen molar-refractivity contribution in [2.75, 3.05) is 32.9 Å². The highest BCUT2D eigenvalue weighted by atomic mass is 32.2. The lowest BCUT2D eigenvalue weighted by molar-refractivity contribution is -0.130. The quantitative estimate of drug-likeness (QED) is 0.811. The van der Waals surface area contributed by atoms with Crippen LogP contribution in [0.4, 0.5) is 0 Å². The summed E-state index contributed by atoms with van der Waals surface area (Å²) in [6, 6.07) is 6.25. The van der Waals surface area contributed by atoms with Crippen molar-refractivity contribution in [3.63, 3.8) is 0 Å². The predicted molar refractivity (Wildman–Crippen MR) is 97.8 cm³/mol. The molecule has 1 amide bonds. The molecule has 1 heterocycles. The zero-order valence-corrected chi connectivity index (χ0v) is 16.2. The summed E-state index contributed by atoms with van der Waals surface area (Å²) < 4.78 is 25.1. The highest BCUT2D eigenvalue weighted by molar-refractivity contribution is 7.89. The highest BCUT2D eigenvalue weighted by Crippen LogP contribution is 2.21. The summed E-state index contributed by atoms with van der Waals surface area (Å²) in [5.74, 6) is -0.609. The van der Waals surface area contributed by atoms with E-state index in [1.165, 1.54) is 25.2 Å². The summed E-state index contributed by atoms with van der Waals surface area (Å²) in [6.45, 7) is 4.56. The topological polar surface area (TPSA) is 77.9 Å². The van der Waals surface area contributed by atoms with Crippen molar-refractivity contribution in [2.24, 2.45) is 5.92 Å². The summed E-state index contributed by atoms with van der Waals surface area (Å²) in [4.78, 5) is 14.0. The Kier molecular flexibility index (Phi) is 6.24. The second kappa shape index (κ2) is 7.85. The van der Waals surface area contributed by atoms with Gasteiger partial charge in [0, 0.05) is 39.5 Å². The van der Waals surface area contributed by atoms with Gasteiger partial charge in [-0.25, -0.2) is 12.7 Å². The summed E-state index contributed by atoms with van der Waals surface area (Å²) in [6.07, 6.45) is 0.220. The Morgan fingerprint density at radius 3 is 2.36 bits per heavy atom. The monoisotopic (exact) mass is 368 g/mol. The maximum Gasteiger partial charge on any atom is 0.223 e. The van der Waals surface area contributed by atoms with Gasteiger partial charge in [-0.2, -0.15) is 0 Å². The summed E-state index contributed by atoms with van der Waals surface area (Å²) in [5.41, 5.74) is 3.47. The van der Waals surface area contributed by atoms with Crippen molar-refractivity contribution in [1.82, 2.24) is 9.21 Å². The number of carbonyl (C=O) groups excluding carboxylic acids is 1. The van der Waals surface area contributed by atoms with Crippen molar-refractivity contribution in [2.45, 2.75) is 32.8 Å². The lowest BCUT2D eigenvalue weighted by atomic mass is 10.0. The van der Waals surface area contributed by atoms with E-state index in [1.54, 1.807) is 4.90 Å². The Bertz CT molecular complexity index is 710. The fourth-order valence-corrected chi connectivity index (χ4v) is 4.43. The number of rotatable bonds is 6. The Morgan fingerprint density at radius 1 is 1.20 bits per heavy atom. The normalized spacial score (nSPS) is 21.1. The Hall–Kier alpha value is -1.44. The zero-order valence-electron chi connectivity index (χ0n) is 15.4. The number of β-amino-alcohol motifs (C(OH)–C–C–N with tert-alkyl or cyclic N) is 1. The number of likely N-dealkylation sites (tertiary alicyclic amines) is 1. The lowest BCUT2D eigenvalue weighted by Gasteiger charge is -2.18. The van der Waals surface area contributed by atoms with E-state index in [4.69, 9.17) is 0 Å². The van der Waals surface area contributed by atoms with E-state index in [0.29, 0.717) is 19.4 Å². The first-order valence-corrected chi connectivity index (χ1v) is 10.1. The molecule has 1 saturated heterocycles. The van der Waals surface area contributed by atoms with Gasteiger partial charge in [0.15, 0.2) is 0 Å². The second-order valence-electron chi connectivity index (χ2n) is 7.18. The zero-order chi connectivity index (χ0) is 18.8. The van der Waals surface area contributed by atoms with Crippen LogP contribution in [0.25, 0.3) is 0 Å². The molecule has 1 fully saturated rings. The van der Waals surface area contributed by atoms with E-state index in [1.807, 2.05) is 13.8 Å². The highest BCUT2D eigenvalue weighted by Gasteiger charge is 2.37. The van der Waals surface area contributed by atoms with Crippen LogP contribution in [0, 0.1) is 19.8 Å². The van der Waals surface area contributed by atoms with E-state index in [0.717, 1.165) is 9.87 Å². The maximum absolute atomic E-state index is 12.4. The van der Waals surface area contributed by atoms with Crippen LogP contribution >= 0.6 is 0 Å². The first-order chi connectivity index (χ1) is 11.6. The molecule has 140 valence electrons. The molecule has 7 heteroatoms. The van der Waals surface area contributed by atoms with Crippen LogP contribution in [-0.2, 0) is 21.2 Å². The molecule has 0 bridgehead atoms. The van der Waals surface area contributed by atoms with Crippen molar-refractivity contribution < 1.29 is 18.3 Å². The minimum atomic E-state index is -3.39. The van der Waals surface area contributed by atoms with Gasteiger partial charge in [-0.05, 0) is 25.8 Å². The van der Waals surface area contributed by atoms with Gasteiger partial charge >= 0.3 is 0 Å². The Labute approximate surface area is 150 Å². The van der Waals surface area contributed by atoms with Gasteiger partial charge < -0.3 is 10.0 Å². The molecule has 0 unspecified atom stereocenters. The van der Waals surface area contributed by atoms with E-state index in [9.17, 15) is 18.3 Å². The average molecular weight is 368 g/mol. The Morgan fingerprint density at radius 2 is 1.80 bits per heavy atom. The molecule has 1 aliphatic heterocycles. The van der Waals surface area contributed by atoms with Gasteiger partial charge in [0.25, 0.3) is 0 Å². The van der Waals surface area contributed by atoms with Crippen LogP contribution in [0.1, 0.15) is 23.1 Å². The van der Waals surface area contributed by atoms with Crippen molar-refractivity contribution in [3.8, 4) is 0 Å². The minimum absolute atomic E-state index is 0.0389. The molecule has 0 saturated carbocycles. The molecule has 1 N–H and O–H groups in total. The van der Waals surface area contributed by atoms with E-state index >= 15 is 0 Å². The molecule has 2 atom stereocenters.